The molecular formula is C26H26N6O2. The van der Waals surface area contributed by atoms with Gasteiger partial charge in [-0.25, -0.2) is 0 Å². The van der Waals surface area contributed by atoms with Crippen molar-refractivity contribution in [1.29, 1.82) is 5.26 Å². The van der Waals surface area contributed by atoms with Crippen LogP contribution in [0.3, 0.4) is 0 Å². The van der Waals surface area contributed by atoms with Crippen molar-refractivity contribution in [3.63, 3.8) is 0 Å². The summed E-state index contributed by atoms with van der Waals surface area (Å²) in [6.45, 7) is 5.28. The Kier molecular flexibility index (Phi) is 6.85. The van der Waals surface area contributed by atoms with Gasteiger partial charge in [-0.05, 0) is 35.9 Å². The van der Waals surface area contributed by atoms with Crippen LogP contribution in [0.4, 0.5) is 11.4 Å². The van der Waals surface area contributed by atoms with Gasteiger partial charge in [0.15, 0.2) is 0 Å². The third-order valence-corrected chi connectivity index (χ3v) is 5.92. The Morgan fingerprint density at radius 1 is 1.09 bits per heavy atom. The van der Waals surface area contributed by atoms with Gasteiger partial charge in [-0.2, -0.15) is 5.26 Å². The van der Waals surface area contributed by atoms with E-state index in [4.69, 9.17) is 5.73 Å². The van der Waals surface area contributed by atoms with Crippen LogP contribution in [0.5, 0.6) is 0 Å². The molecule has 172 valence electrons. The van der Waals surface area contributed by atoms with Gasteiger partial charge in [0.1, 0.15) is 6.07 Å². The van der Waals surface area contributed by atoms with Gasteiger partial charge < -0.3 is 16.0 Å². The summed E-state index contributed by atoms with van der Waals surface area (Å²) < 4.78 is 0. The molecule has 3 N–H and O–H groups in total. The fourth-order valence-corrected chi connectivity index (χ4v) is 3.97. The van der Waals surface area contributed by atoms with Crippen molar-refractivity contribution in [2.45, 2.75) is 13.5 Å². The van der Waals surface area contributed by atoms with Crippen LogP contribution < -0.4 is 11.1 Å². The SMILES string of the molecule is CC(=O)N1CCN(Cc2cnc(-c3ccc(C(=O)Nc4ccccc4N)cc3)c(C#N)c2)CC1. The first-order valence-corrected chi connectivity index (χ1v) is 11.1. The molecule has 2 amide bonds. The van der Waals surface area contributed by atoms with Gasteiger partial charge in [0.25, 0.3) is 5.91 Å². The van der Waals surface area contributed by atoms with E-state index in [2.05, 4.69) is 21.3 Å². The summed E-state index contributed by atoms with van der Waals surface area (Å²) >= 11 is 0. The molecule has 1 fully saturated rings. The van der Waals surface area contributed by atoms with Crippen molar-refractivity contribution in [2.75, 3.05) is 37.2 Å². The first-order valence-electron chi connectivity index (χ1n) is 11.1. The molecule has 1 aliphatic rings. The van der Waals surface area contributed by atoms with E-state index in [0.717, 1.165) is 24.2 Å². The van der Waals surface area contributed by atoms with Gasteiger partial charge in [-0.3, -0.25) is 19.5 Å². The average Bonchev–Trinajstić information content (AvgIpc) is 2.86. The van der Waals surface area contributed by atoms with Gasteiger partial charge >= 0.3 is 0 Å². The minimum atomic E-state index is -0.266. The van der Waals surface area contributed by atoms with Crippen molar-refractivity contribution in [2.24, 2.45) is 0 Å². The first kappa shape index (κ1) is 23.0. The van der Waals surface area contributed by atoms with E-state index in [1.165, 1.54) is 0 Å². The third-order valence-electron chi connectivity index (χ3n) is 5.92. The molecule has 0 spiro atoms. The van der Waals surface area contributed by atoms with Crippen LogP contribution in [-0.2, 0) is 11.3 Å². The molecule has 2 aromatic carbocycles. The van der Waals surface area contributed by atoms with Crippen LogP contribution in [0.15, 0.2) is 60.8 Å². The number of hydrogen-bond acceptors (Lipinski definition) is 6. The molecule has 8 nitrogen and oxygen atoms in total. The van der Waals surface area contributed by atoms with Crippen LogP contribution in [0, 0.1) is 11.3 Å². The molecule has 34 heavy (non-hydrogen) atoms. The van der Waals surface area contributed by atoms with Crippen LogP contribution in [0.1, 0.15) is 28.4 Å². The minimum Gasteiger partial charge on any atom is -0.397 e. The summed E-state index contributed by atoms with van der Waals surface area (Å²) in [6.07, 6.45) is 1.78. The lowest BCUT2D eigenvalue weighted by atomic mass is 10.0. The maximum atomic E-state index is 12.6. The summed E-state index contributed by atoms with van der Waals surface area (Å²) in [7, 11) is 0. The molecule has 1 aliphatic heterocycles. The second-order valence-corrected chi connectivity index (χ2v) is 8.25. The number of nitrogens with one attached hydrogen (secondary N) is 1. The maximum Gasteiger partial charge on any atom is 0.255 e. The van der Waals surface area contributed by atoms with E-state index >= 15 is 0 Å². The van der Waals surface area contributed by atoms with Gasteiger partial charge in [0, 0.05) is 57.0 Å². The van der Waals surface area contributed by atoms with Crippen molar-refractivity contribution < 1.29 is 9.59 Å². The number of amides is 2. The highest BCUT2D eigenvalue weighted by Crippen LogP contribution is 2.24. The summed E-state index contributed by atoms with van der Waals surface area (Å²) in [6, 6.07) is 18.2. The molecule has 0 unspecified atom stereocenters. The number of carbonyl (C=O) groups is 2. The topological polar surface area (TPSA) is 115 Å². The van der Waals surface area contributed by atoms with Gasteiger partial charge in [0.2, 0.25) is 5.91 Å². The van der Waals surface area contributed by atoms with Crippen molar-refractivity contribution in [1.82, 2.24) is 14.8 Å². The van der Waals surface area contributed by atoms with Crippen LogP contribution in [0.25, 0.3) is 11.3 Å². The van der Waals surface area contributed by atoms with E-state index in [9.17, 15) is 14.9 Å². The fraction of sp³-hybridized carbons (Fsp3) is 0.231. The monoisotopic (exact) mass is 454 g/mol. The zero-order valence-electron chi connectivity index (χ0n) is 19.0. The normalized spacial score (nSPS) is 13.8. The first-order chi connectivity index (χ1) is 16.4. The van der Waals surface area contributed by atoms with E-state index < -0.39 is 0 Å². The molecular weight excluding hydrogens is 428 g/mol. The van der Waals surface area contributed by atoms with E-state index in [1.54, 1.807) is 61.7 Å². The number of nitrogen functional groups attached to an aromatic ring is 1. The second kappa shape index (κ2) is 10.1. The van der Waals surface area contributed by atoms with Gasteiger partial charge in [-0.15, -0.1) is 0 Å². The quantitative estimate of drug-likeness (QED) is 0.573. The van der Waals surface area contributed by atoms with E-state index in [1.807, 2.05) is 11.0 Å². The standard InChI is InChI=1S/C26H26N6O2/c1-18(33)32-12-10-31(11-13-32)17-19-14-22(15-27)25(29-16-19)20-6-8-21(9-7-20)26(34)30-24-5-3-2-4-23(24)28/h2-9,14,16H,10-13,17,28H2,1H3,(H,30,34). The molecule has 8 heteroatoms. The predicted molar refractivity (Wildman–Crippen MR) is 131 cm³/mol. The molecule has 0 bridgehead atoms. The number of nitrogens with two attached hydrogens (primary N) is 1. The molecule has 0 aliphatic carbocycles. The lowest BCUT2D eigenvalue weighted by Gasteiger charge is -2.34. The largest absolute Gasteiger partial charge is 0.397 e. The van der Waals surface area contributed by atoms with Crippen LogP contribution in [-0.4, -0.2) is 52.8 Å². The molecule has 1 saturated heterocycles. The number of hydrogen-bond donors (Lipinski definition) is 2. The number of carbonyl (C=O) groups excluding carboxylic acids is 2. The van der Waals surface area contributed by atoms with E-state index in [-0.39, 0.29) is 11.8 Å². The van der Waals surface area contributed by atoms with Crippen molar-refractivity contribution in [3.8, 4) is 17.3 Å². The zero-order valence-corrected chi connectivity index (χ0v) is 19.0. The minimum absolute atomic E-state index is 0.102. The number of benzene rings is 2. The van der Waals surface area contributed by atoms with Gasteiger partial charge in [-0.1, -0.05) is 24.3 Å². The molecule has 2 heterocycles. The Morgan fingerprint density at radius 3 is 2.44 bits per heavy atom. The van der Waals surface area contributed by atoms with Crippen LogP contribution >= 0.6 is 0 Å². The van der Waals surface area contributed by atoms with Crippen LogP contribution in [0.2, 0.25) is 0 Å². The second-order valence-electron chi connectivity index (χ2n) is 8.25. The molecule has 3 aromatic rings. The van der Waals surface area contributed by atoms with E-state index in [0.29, 0.717) is 47.8 Å². The number of nitriles is 1. The molecule has 0 atom stereocenters. The average molecular weight is 455 g/mol. The Hall–Kier alpha value is -4.22. The summed E-state index contributed by atoms with van der Waals surface area (Å²) in [5.41, 5.74) is 10.2. The molecule has 0 radical (unpaired) electrons. The Labute approximate surface area is 198 Å². The molecule has 1 aromatic heterocycles. The predicted octanol–water partition coefficient (Wildman–Crippen LogP) is 3.12. The maximum absolute atomic E-state index is 12.6. The van der Waals surface area contributed by atoms with Crippen molar-refractivity contribution >= 4 is 23.2 Å². The summed E-state index contributed by atoms with van der Waals surface area (Å²) in [5, 5.41) is 12.5. The number of anilines is 2. The molecule has 0 saturated carbocycles. The Balaban J connectivity index is 1.45. The smallest absolute Gasteiger partial charge is 0.255 e. The van der Waals surface area contributed by atoms with Crippen molar-refractivity contribution in [3.05, 3.63) is 77.5 Å². The summed E-state index contributed by atoms with van der Waals surface area (Å²) in [5.74, 6) is -0.164. The summed E-state index contributed by atoms with van der Waals surface area (Å²) in [4.78, 5) is 32.7. The number of aromatic nitrogens is 1. The lowest BCUT2D eigenvalue weighted by Crippen LogP contribution is -2.47. The molecule has 4 rings (SSSR count). The Morgan fingerprint density at radius 2 is 1.79 bits per heavy atom. The lowest BCUT2D eigenvalue weighted by molar-refractivity contribution is -0.130. The highest BCUT2D eigenvalue weighted by molar-refractivity contribution is 6.05. The Bertz CT molecular complexity index is 1240. The number of pyridine rings is 1. The van der Waals surface area contributed by atoms with Gasteiger partial charge in [0.05, 0.1) is 22.6 Å². The highest BCUT2D eigenvalue weighted by atomic mass is 16.2. The number of nitrogens with zero attached hydrogens (tertiary/aromatic N) is 4. The number of para-hydroxylation sites is 2. The highest BCUT2D eigenvalue weighted by Gasteiger charge is 2.19. The third kappa shape index (κ3) is 5.22. The number of rotatable bonds is 5. The number of piperazine rings is 1. The zero-order chi connectivity index (χ0) is 24.1. The fourth-order valence-electron chi connectivity index (χ4n) is 3.97.